The molecule has 0 spiro atoms. The van der Waals surface area contributed by atoms with E-state index in [1.54, 1.807) is 41.3 Å². The average Bonchev–Trinajstić information content (AvgIpc) is 2.82. The molecule has 0 bridgehead atoms. The van der Waals surface area contributed by atoms with Gasteiger partial charge >= 0.3 is 0 Å². The van der Waals surface area contributed by atoms with Crippen molar-refractivity contribution < 1.29 is 28.8 Å². The van der Waals surface area contributed by atoms with Crippen LogP contribution in [0.2, 0.25) is 0 Å². The maximum Gasteiger partial charge on any atom is 0.237 e. The number of nitrogens with two attached hydrogens (primary N) is 1. The number of nitrogens with zero attached hydrogens (tertiary/aromatic N) is 1. The Bertz CT molecular complexity index is 1150. The van der Waals surface area contributed by atoms with E-state index in [-0.39, 0.29) is 17.7 Å². The number of nitrogen functional groups attached to an aromatic ring is 1. The van der Waals surface area contributed by atoms with E-state index in [9.17, 15) is 9.90 Å². The van der Waals surface area contributed by atoms with E-state index in [1.807, 2.05) is 18.2 Å². The van der Waals surface area contributed by atoms with Crippen LogP contribution in [-0.4, -0.2) is 39.5 Å². The summed E-state index contributed by atoms with van der Waals surface area (Å²) in [5.41, 5.74) is 8.63. The third-order valence-electron chi connectivity index (χ3n) is 5.87. The number of hydrogen-bond acceptors (Lipinski definition) is 7. The first-order chi connectivity index (χ1) is 15.9. The molecular formula is C25H26N2O6. The predicted octanol–water partition coefficient (Wildman–Crippen LogP) is 3.88. The zero-order chi connectivity index (χ0) is 23.7. The van der Waals surface area contributed by atoms with E-state index in [2.05, 4.69) is 0 Å². The van der Waals surface area contributed by atoms with Crippen molar-refractivity contribution in [3.63, 3.8) is 0 Å². The first kappa shape index (κ1) is 22.1. The van der Waals surface area contributed by atoms with Crippen LogP contribution >= 0.6 is 0 Å². The van der Waals surface area contributed by atoms with E-state index in [0.29, 0.717) is 34.4 Å². The second-order valence-corrected chi connectivity index (χ2v) is 7.61. The van der Waals surface area contributed by atoms with Gasteiger partial charge in [0.2, 0.25) is 11.7 Å². The van der Waals surface area contributed by atoms with E-state index in [4.69, 9.17) is 24.7 Å². The second kappa shape index (κ2) is 8.82. The molecular weight excluding hydrogens is 424 g/mol. The number of phenolic OH excluding ortho intramolecular Hbond substituents is 1. The van der Waals surface area contributed by atoms with Gasteiger partial charge in [0, 0.05) is 17.8 Å². The first-order valence-corrected chi connectivity index (χ1v) is 10.3. The number of methoxy groups -OCH3 is 4. The molecule has 3 N–H and O–H groups in total. The molecule has 0 aromatic heterocycles. The van der Waals surface area contributed by atoms with E-state index < -0.39 is 5.92 Å². The van der Waals surface area contributed by atoms with E-state index in [1.165, 1.54) is 28.4 Å². The number of phenols is 1. The molecule has 1 aliphatic heterocycles. The SMILES string of the molecule is COc1ccc([C@@H]2[C@@H](c3ccc(N)cc3)C(=O)N2c2cc(OC)c(OC)c(OC)c2)cc1O. The summed E-state index contributed by atoms with van der Waals surface area (Å²) in [6.45, 7) is 0. The van der Waals surface area contributed by atoms with Gasteiger partial charge in [-0.2, -0.15) is 0 Å². The number of anilines is 2. The van der Waals surface area contributed by atoms with Crippen LogP contribution in [0.5, 0.6) is 28.7 Å². The molecule has 33 heavy (non-hydrogen) atoms. The molecule has 8 nitrogen and oxygen atoms in total. The van der Waals surface area contributed by atoms with Gasteiger partial charge in [-0.3, -0.25) is 4.79 Å². The fraction of sp³-hybridized carbons (Fsp3) is 0.240. The Morgan fingerprint density at radius 1 is 0.788 bits per heavy atom. The van der Waals surface area contributed by atoms with Gasteiger partial charge in [0.25, 0.3) is 0 Å². The Hall–Kier alpha value is -4.07. The third kappa shape index (κ3) is 3.73. The molecule has 1 amide bonds. The summed E-state index contributed by atoms with van der Waals surface area (Å²) in [5, 5.41) is 10.4. The molecule has 3 aromatic rings. The van der Waals surface area contributed by atoms with Crippen LogP contribution < -0.4 is 29.6 Å². The van der Waals surface area contributed by atoms with Gasteiger partial charge in [0.05, 0.1) is 46.1 Å². The zero-order valence-electron chi connectivity index (χ0n) is 18.9. The maximum atomic E-state index is 13.5. The fourth-order valence-electron chi connectivity index (χ4n) is 4.24. The second-order valence-electron chi connectivity index (χ2n) is 7.61. The summed E-state index contributed by atoms with van der Waals surface area (Å²) in [4.78, 5) is 15.1. The Morgan fingerprint density at radius 3 is 1.88 bits per heavy atom. The molecule has 1 fully saturated rings. The molecule has 1 heterocycles. The van der Waals surface area contributed by atoms with Crippen molar-refractivity contribution in [2.24, 2.45) is 0 Å². The van der Waals surface area contributed by atoms with Crippen molar-refractivity contribution in [2.45, 2.75) is 12.0 Å². The molecule has 8 heteroatoms. The van der Waals surface area contributed by atoms with E-state index in [0.717, 1.165) is 11.1 Å². The summed E-state index contributed by atoms with van der Waals surface area (Å²) in [6, 6.07) is 15.4. The standard InChI is InChI=1S/C25H26N2O6/c1-30-19-10-7-15(11-18(19)28)23-22(14-5-8-16(26)9-6-14)25(29)27(23)17-12-20(31-2)24(33-4)21(13-17)32-3/h5-13,22-23,28H,26H2,1-4H3/t22-,23-/m1/s1. The summed E-state index contributed by atoms with van der Waals surface area (Å²) >= 11 is 0. The summed E-state index contributed by atoms with van der Waals surface area (Å²) < 4.78 is 21.5. The quantitative estimate of drug-likeness (QED) is 0.416. The van der Waals surface area contributed by atoms with Gasteiger partial charge in [-0.25, -0.2) is 0 Å². The minimum Gasteiger partial charge on any atom is -0.504 e. The number of carbonyl (C=O) groups is 1. The first-order valence-electron chi connectivity index (χ1n) is 10.3. The highest BCUT2D eigenvalue weighted by Crippen LogP contribution is 2.52. The van der Waals surface area contributed by atoms with Crippen molar-refractivity contribution >= 4 is 17.3 Å². The molecule has 2 atom stereocenters. The van der Waals surface area contributed by atoms with Crippen LogP contribution in [0.3, 0.4) is 0 Å². The lowest BCUT2D eigenvalue weighted by atomic mass is 9.77. The van der Waals surface area contributed by atoms with Crippen LogP contribution in [0.1, 0.15) is 23.1 Å². The molecule has 172 valence electrons. The number of β-lactam (4-membered cyclic amide) rings is 1. The third-order valence-corrected chi connectivity index (χ3v) is 5.87. The highest BCUT2D eigenvalue weighted by molar-refractivity contribution is 6.07. The topological polar surface area (TPSA) is 103 Å². The van der Waals surface area contributed by atoms with Gasteiger partial charge < -0.3 is 34.7 Å². The van der Waals surface area contributed by atoms with Crippen LogP contribution in [-0.2, 0) is 4.79 Å². The maximum absolute atomic E-state index is 13.5. The average molecular weight is 450 g/mol. The minimum absolute atomic E-state index is 0.00440. The number of hydrogen-bond donors (Lipinski definition) is 2. The Labute approximate surface area is 192 Å². The van der Waals surface area contributed by atoms with Gasteiger partial charge in [-0.15, -0.1) is 0 Å². The Balaban J connectivity index is 1.84. The lowest BCUT2D eigenvalue weighted by Gasteiger charge is -2.48. The number of rotatable bonds is 7. The van der Waals surface area contributed by atoms with E-state index >= 15 is 0 Å². The predicted molar refractivity (Wildman–Crippen MR) is 125 cm³/mol. The van der Waals surface area contributed by atoms with Crippen LogP contribution in [0.25, 0.3) is 0 Å². The largest absolute Gasteiger partial charge is 0.504 e. The van der Waals surface area contributed by atoms with Gasteiger partial charge in [-0.1, -0.05) is 18.2 Å². The molecule has 0 saturated carbocycles. The van der Waals surface area contributed by atoms with Crippen LogP contribution in [0.4, 0.5) is 11.4 Å². The van der Waals surface area contributed by atoms with Gasteiger partial charge in [0.1, 0.15) is 0 Å². The number of ether oxygens (including phenoxy) is 4. The van der Waals surface area contributed by atoms with Gasteiger partial charge in [-0.05, 0) is 35.4 Å². The normalized spacial score (nSPS) is 17.3. The van der Waals surface area contributed by atoms with Crippen LogP contribution in [0.15, 0.2) is 54.6 Å². The summed E-state index contributed by atoms with van der Waals surface area (Å²) in [7, 11) is 6.06. The molecule has 0 unspecified atom stereocenters. The fourth-order valence-corrected chi connectivity index (χ4v) is 4.24. The summed E-state index contributed by atoms with van der Waals surface area (Å²) in [6.07, 6.45) is 0. The number of aromatic hydroxyl groups is 1. The molecule has 0 aliphatic carbocycles. The molecule has 1 aliphatic rings. The van der Waals surface area contributed by atoms with Crippen LogP contribution in [0, 0.1) is 0 Å². The van der Waals surface area contributed by atoms with Crippen molar-refractivity contribution in [3.8, 4) is 28.7 Å². The van der Waals surface area contributed by atoms with Crippen molar-refractivity contribution in [1.29, 1.82) is 0 Å². The van der Waals surface area contributed by atoms with Crippen molar-refractivity contribution in [2.75, 3.05) is 39.1 Å². The van der Waals surface area contributed by atoms with Gasteiger partial charge in [0.15, 0.2) is 23.0 Å². The molecule has 1 saturated heterocycles. The lowest BCUT2D eigenvalue weighted by Crippen LogP contribution is -2.53. The minimum atomic E-state index is -0.461. The number of carbonyl (C=O) groups excluding carboxylic acids is 1. The zero-order valence-corrected chi connectivity index (χ0v) is 18.9. The highest BCUT2D eigenvalue weighted by atomic mass is 16.5. The Morgan fingerprint density at radius 2 is 1.36 bits per heavy atom. The highest BCUT2D eigenvalue weighted by Gasteiger charge is 2.50. The number of amides is 1. The monoisotopic (exact) mass is 450 g/mol. The lowest BCUT2D eigenvalue weighted by molar-refractivity contribution is -0.126. The molecule has 0 radical (unpaired) electrons. The number of benzene rings is 3. The van der Waals surface area contributed by atoms with Crippen molar-refractivity contribution in [1.82, 2.24) is 0 Å². The Kier molecular flexibility index (Phi) is 5.91. The summed E-state index contributed by atoms with van der Waals surface area (Å²) in [5.74, 6) is 1.10. The smallest absolute Gasteiger partial charge is 0.237 e. The molecule has 3 aromatic carbocycles. The van der Waals surface area contributed by atoms with Crippen molar-refractivity contribution in [3.05, 3.63) is 65.7 Å². The molecule has 4 rings (SSSR count).